The van der Waals surface area contributed by atoms with Crippen molar-refractivity contribution >= 4 is 22.5 Å². The van der Waals surface area contributed by atoms with Crippen LogP contribution >= 0.6 is 0 Å². The summed E-state index contributed by atoms with van der Waals surface area (Å²) in [5.41, 5.74) is 0. The van der Waals surface area contributed by atoms with Gasteiger partial charge in [-0.15, -0.1) is 0 Å². The van der Waals surface area contributed by atoms with Gasteiger partial charge >= 0.3 is 46.7 Å². The van der Waals surface area contributed by atoms with Crippen LogP contribution in [0.1, 0.15) is 19.8 Å². The first kappa shape index (κ1) is 10.7. The molecular weight excluding hydrogens is 199 g/mol. The number of hydrogen-bond donors (Lipinski definition) is 2. The summed E-state index contributed by atoms with van der Waals surface area (Å²) in [4.78, 5) is 0. The predicted octanol–water partition coefficient (Wildman–Crippen LogP) is 1.39. The Morgan fingerprint density at radius 3 is 1.86 bits per heavy atom. The Morgan fingerprint density at radius 1 is 1.43 bits per heavy atom. The zero-order valence-corrected chi connectivity index (χ0v) is 7.37. The van der Waals surface area contributed by atoms with Crippen molar-refractivity contribution in [3.63, 3.8) is 0 Å². The molecule has 0 unspecified atom stereocenters. The largest absolute Gasteiger partial charge is 0.255 e. The maximum absolute atomic E-state index is 6.00. The molecular formula is C4H11O2Sn. The van der Waals surface area contributed by atoms with Crippen LogP contribution in [0.2, 0.25) is 4.44 Å². The Labute approximate surface area is 57.6 Å². The Morgan fingerprint density at radius 2 is 1.86 bits per heavy atom. The van der Waals surface area contributed by atoms with Crippen molar-refractivity contribution < 1.29 is 10.5 Å². The molecule has 3 heteroatoms. The fourth-order valence-corrected chi connectivity index (χ4v) is 1.19. The first-order valence-electron chi connectivity index (χ1n) is 2.26. The Bertz CT molecular complexity index is 17.2. The topological polar surface area (TPSA) is 40.5 Å². The average molecular weight is 210 g/mol. The molecule has 0 heterocycles. The van der Waals surface area contributed by atoms with Crippen LogP contribution in [0.25, 0.3) is 0 Å². The summed E-state index contributed by atoms with van der Waals surface area (Å²) in [6.45, 7) is 2.23. The minimum atomic E-state index is 1.37. The molecule has 0 spiro atoms. The standard InChI is InChI=1S/C4H9.H2O2.Sn/c1-3-4-2;1-2;/h1,3-4H2,2H3;1-2H;. The monoisotopic (exact) mass is 211 g/mol. The zero-order valence-electron chi connectivity index (χ0n) is 4.52. The molecule has 2 nitrogen and oxygen atoms in total. The zero-order chi connectivity index (χ0) is 6.12. The van der Waals surface area contributed by atoms with E-state index in [1.54, 1.807) is 22.5 Å². The van der Waals surface area contributed by atoms with Crippen molar-refractivity contribution in [2.75, 3.05) is 0 Å². The van der Waals surface area contributed by atoms with Gasteiger partial charge in [-0.2, -0.15) is 0 Å². The molecule has 43 valence electrons. The number of unbranched alkanes of at least 4 members (excludes halogenated alkanes) is 1. The van der Waals surface area contributed by atoms with Gasteiger partial charge in [0.25, 0.3) is 0 Å². The van der Waals surface area contributed by atoms with Crippen molar-refractivity contribution in [1.82, 2.24) is 0 Å². The minimum Gasteiger partial charge on any atom is -0.255 e. The third-order valence-corrected chi connectivity index (χ3v) is 1.54. The van der Waals surface area contributed by atoms with Gasteiger partial charge in [0, 0.05) is 0 Å². The second-order valence-corrected chi connectivity index (χ2v) is 2.53. The number of rotatable bonds is 2. The molecule has 2 N–H and O–H groups in total. The van der Waals surface area contributed by atoms with Gasteiger partial charge in [0.15, 0.2) is 0 Å². The fraction of sp³-hybridized carbons (Fsp3) is 1.00. The Balaban J connectivity index is 0. The van der Waals surface area contributed by atoms with Gasteiger partial charge in [0.1, 0.15) is 0 Å². The molecule has 0 rings (SSSR count). The van der Waals surface area contributed by atoms with Gasteiger partial charge in [-0.3, -0.25) is 10.5 Å². The first-order valence-corrected chi connectivity index (χ1v) is 4.28. The van der Waals surface area contributed by atoms with Gasteiger partial charge < -0.3 is 0 Å². The molecule has 0 aromatic heterocycles. The molecule has 0 aliphatic heterocycles. The van der Waals surface area contributed by atoms with Crippen LogP contribution in [0.3, 0.4) is 0 Å². The second kappa shape index (κ2) is 15.9. The van der Waals surface area contributed by atoms with Crippen molar-refractivity contribution in [2.45, 2.75) is 24.2 Å². The molecule has 0 aliphatic carbocycles. The van der Waals surface area contributed by atoms with E-state index in [2.05, 4.69) is 6.92 Å². The van der Waals surface area contributed by atoms with Crippen molar-refractivity contribution in [3.8, 4) is 0 Å². The van der Waals surface area contributed by atoms with Crippen LogP contribution in [-0.4, -0.2) is 33.0 Å². The van der Waals surface area contributed by atoms with E-state index in [0.29, 0.717) is 0 Å². The van der Waals surface area contributed by atoms with E-state index in [4.69, 9.17) is 10.5 Å². The van der Waals surface area contributed by atoms with Gasteiger partial charge in [0.05, 0.1) is 0 Å². The summed E-state index contributed by atoms with van der Waals surface area (Å²) >= 11 is 1.68. The smallest absolute Gasteiger partial charge is 0.255 e. The maximum Gasteiger partial charge on any atom is -0.255 e. The molecule has 0 aliphatic rings. The molecule has 7 heavy (non-hydrogen) atoms. The molecule has 0 saturated heterocycles. The van der Waals surface area contributed by atoms with Crippen LogP contribution in [0, 0.1) is 0 Å². The van der Waals surface area contributed by atoms with E-state index in [1.165, 1.54) is 17.3 Å². The SMILES string of the molecule is CCC[CH2][Sn].OO. The molecule has 3 radical (unpaired) electrons. The normalized spacial score (nSPS) is 6.86. The van der Waals surface area contributed by atoms with E-state index in [9.17, 15) is 0 Å². The summed E-state index contributed by atoms with van der Waals surface area (Å²) in [5, 5.41) is 12.0. The van der Waals surface area contributed by atoms with Crippen LogP contribution < -0.4 is 0 Å². The molecule has 0 fully saturated rings. The van der Waals surface area contributed by atoms with Crippen LogP contribution in [0.4, 0.5) is 0 Å². The van der Waals surface area contributed by atoms with Crippen molar-refractivity contribution in [2.24, 2.45) is 0 Å². The van der Waals surface area contributed by atoms with Crippen LogP contribution in [0.5, 0.6) is 0 Å². The summed E-state index contributed by atoms with van der Waals surface area (Å²) in [6, 6.07) is 0. The summed E-state index contributed by atoms with van der Waals surface area (Å²) in [7, 11) is 0. The first-order chi connectivity index (χ1) is 3.41. The van der Waals surface area contributed by atoms with Crippen LogP contribution in [-0.2, 0) is 0 Å². The van der Waals surface area contributed by atoms with E-state index in [-0.39, 0.29) is 0 Å². The average Bonchev–Trinajstić information content (AvgIpc) is 1.75. The van der Waals surface area contributed by atoms with Crippen LogP contribution in [0.15, 0.2) is 0 Å². The van der Waals surface area contributed by atoms with Gasteiger partial charge in [-0.25, -0.2) is 0 Å². The van der Waals surface area contributed by atoms with Gasteiger partial charge in [0.2, 0.25) is 0 Å². The van der Waals surface area contributed by atoms with Crippen molar-refractivity contribution in [1.29, 1.82) is 0 Å². The summed E-state index contributed by atoms with van der Waals surface area (Å²) in [5.74, 6) is 0. The molecule has 0 saturated carbocycles. The van der Waals surface area contributed by atoms with Gasteiger partial charge in [-0.05, 0) is 0 Å². The van der Waals surface area contributed by atoms with E-state index < -0.39 is 0 Å². The molecule has 0 aromatic rings. The van der Waals surface area contributed by atoms with E-state index >= 15 is 0 Å². The van der Waals surface area contributed by atoms with Gasteiger partial charge in [-0.1, -0.05) is 0 Å². The molecule has 0 bridgehead atoms. The molecule has 0 atom stereocenters. The third kappa shape index (κ3) is 20.2. The third-order valence-electron chi connectivity index (χ3n) is 0.530. The second-order valence-electron chi connectivity index (χ2n) is 1.10. The quantitative estimate of drug-likeness (QED) is 0.410. The Kier molecular flexibility index (Phi) is 24.2. The van der Waals surface area contributed by atoms with Crippen molar-refractivity contribution in [3.05, 3.63) is 0 Å². The molecule has 0 aromatic carbocycles. The summed E-state index contributed by atoms with van der Waals surface area (Å²) < 4.78 is 1.43. The fourth-order valence-electron chi connectivity index (χ4n) is 0.177. The number of hydrogen-bond acceptors (Lipinski definition) is 2. The predicted molar refractivity (Wildman–Crippen MR) is 30.7 cm³/mol. The molecule has 0 amide bonds. The maximum atomic E-state index is 6.00. The Hall–Kier alpha value is 0.719. The minimum absolute atomic E-state index is 1.37. The van der Waals surface area contributed by atoms with E-state index in [1.807, 2.05) is 0 Å². The summed E-state index contributed by atoms with van der Waals surface area (Å²) in [6.07, 6.45) is 2.80. The van der Waals surface area contributed by atoms with E-state index in [0.717, 1.165) is 0 Å².